The van der Waals surface area contributed by atoms with Crippen molar-refractivity contribution < 1.29 is 9.53 Å². The van der Waals surface area contributed by atoms with Crippen LogP contribution in [0.2, 0.25) is 4.34 Å². The average Bonchev–Trinajstić information content (AvgIpc) is 2.73. The van der Waals surface area contributed by atoms with E-state index in [-0.39, 0.29) is 12.1 Å². The van der Waals surface area contributed by atoms with Gasteiger partial charge < -0.3 is 15.4 Å². The predicted octanol–water partition coefficient (Wildman–Crippen LogP) is 3.34. The van der Waals surface area contributed by atoms with Gasteiger partial charge in [0, 0.05) is 37.6 Å². The van der Waals surface area contributed by atoms with E-state index in [1.165, 1.54) is 4.88 Å². The number of carbonyl (C=O) groups is 1. The van der Waals surface area contributed by atoms with E-state index in [0.717, 1.165) is 23.8 Å². The monoisotopic (exact) mass is 359 g/mol. The molecule has 2 N–H and O–H groups in total. The van der Waals surface area contributed by atoms with Crippen LogP contribution >= 0.6 is 22.9 Å². The third kappa shape index (κ3) is 5.35. The maximum atomic E-state index is 12.2. The number of hydrogen-bond donors (Lipinski definition) is 1. The van der Waals surface area contributed by atoms with Gasteiger partial charge in [0.2, 0.25) is 0 Å². The summed E-state index contributed by atoms with van der Waals surface area (Å²) in [5, 5.41) is 0. The summed E-state index contributed by atoms with van der Waals surface area (Å²) < 4.78 is 6.25. The minimum Gasteiger partial charge on any atom is -0.444 e. The summed E-state index contributed by atoms with van der Waals surface area (Å²) in [6, 6.07) is 4.11. The summed E-state index contributed by atoms with van der Waals surface area (Å²) in [6.45, 7) is 9.29. The van der Waals surface area contributed by atoms with Gasteiger partial charge in [-0.05, 0) is 39.3 Å². The lowest BCUT2D eigenvalue weighted by Gasteiger charge is -2.29. The molecule has 0 radical (unpaired) electrons. The fraction of sp³-hybridized carbons (Fsp3) is 0.688. The first-order valence-corrected chi connectivity index (χ1v) is 9.17. The van der Waals surface area contributed by atoms with Gasteiger partial charge in [-0.25, -0.2) is 4.79 Å². The summed E-state index contributed by atoms with van der Waals surface area (Å²) in [7, 11) is 0. The SMILES string of the molecule is CC(C)(C)OC(=O)N1CCCN(C(CN)c2ccc(Cl)s2)CC1. The molecule has 130 valence electrons. The number of carbonyl (C=O) groups excluding carboxylic acids is 1. The van der Waals surface area contributed by atoms with Crippen molar-refractivity contribution in [1.82, 2.24) is 9.80 Å². The highest BCUT2D eigenvalue weighted by Crippen LogP contribution is 2.30. The van der Waals surface area contributed by atoms with Crippen molar-refractivity contribution in [3.63, 3.8) is 0 Å². The van der Waals surface area contributed by atoms with Crippen LogP contribution in [-0.4, -0.2) is 54.2 Å². The van der Waals surface area contributed by atoms with E-state index in [1.54, 1.807) is 16.2 Å². The fourth-order valence-electron chi connectivity index (χ4n) is 2.71. The minimum atomic E-state index is -0.462. The molecule has 1 saturated heterocycles. The summed E-state index contributed by atoms with van der Waals surface area (Å²) >= 11 is 7.62. The molecule has 0 saturated carbocycles. The van der Waals surface area contributed by atoms with Gasteiger partial charge in [0.15, 0.2) is 0 Å². The molecule has 0 aromatic carbocycles. The minimum absolute atomic E-state index is 0.158. The number of halogens is 1. The highest BCUT2D eigenvalue weighted by Gasteiger charge is 2.27. The lowest BCUT2D eigenvalue weighted by atomic mass is 10.2. The average molecular weight is 360 g/mol. The van der Waals surface area contributed by atoms with Crippen molar-refractivity contribution in [2.24, 2.45) is 5.73 Å². The second-order valence-electron chi connectivity index (χ2n) is 6.75. The van der Waals surface area contributed by atoms with Crippen molar-refractivity contribution >= 4 is 29.0 Å². The highest BCUT2D eigenvalue weighted by atomic mass is 35.5. The third-order valence-electron chi connectivity index (χ3n) is 3.77. The van der Waals surface area contributed by atoms with Gasteiger partial charge in [-0.1, -0.05) is 11.6 Å². The molecule has 1 aliphatic rings. The number of nitrogens with zero attached hydrogens (tertiary/aromatic N) is 2. The van der Waals surface area contributed by atoms with E-state index in [2.05, 4.69) is 4.90 Å². The van der Waals surface area contributed by atoms with Crippen molar-refractivity contribution in [1.29, 1.82) is 0 Å². The normalized spacial score (nSPS) is 18.6. The Hall–Kier alpha value is -0.820. The van der Waals surface area contributed by atoms with E-state index < -0.39 is 5.60 Å². The lowest BCUT2D eigenvalue weighted by Crippen LogP contribution is -2.40. The highest BCUT2D eigenvalue weighted by molar-refractivity contribution is 7.16. The van der Waals surface area contributed by atoms with Gasteiger partial charge in [-0.3, -0.25) is 4.90 Å². The second kappa shape index (κ2) is 7.83. The Morgan fingerprint density at radius 2 is 2.09 bits per heavy atom. The van der Waals surface area contributed by atoms with Crippen molar-refractivity contribution in [2.75, 3.05) is 32.7 Å². The lowest BCUT2D eigenvalue weighted by molar-refractivity contribution is 0.0255. The number of thiophene rings is 1. The molecule has 0 spiro atoms. The van der Waals surface area contributed by atoms with Crippen LogP contribution in [-0.2, 0) is 4.74 Å². The summed E-state index contributed by atoms with van der Waals surface area (Å²) in [6.07, 6.45) is 0.678. The number of nitrogens with two attached hydrogens (primary N) is 1. The van der Waals surface area contributed by atoms with Crippen molar-refractivity contribution in [3.05, 3.63) is 21.3 Å². The molecule has 0 bridgehead atoms. The maximum Gasteiger partial charge on any atom is 0.410 e. The third-order valence-corrected chi connectivity index (χ3v) is 5.10. The molecule has 1 fully saturated rings. The van der Waals surface area contributed by atoms with Gasteiger partial charge in [0.1, 0.15) is 5.60 Å². The molecule has 0 aliphatic carbocycles. The molecule has 1 unspecified atom stereocenters. The number of hydrogen-bond acceptors (Lipinski definition) is 5. The molecule has 7 heteroatoms. The number of ether oxygens (including phenoxy) is 1. The quantitative estimate of drug-likeness (QED) is 0.899. The smallest absolute Gasteiger partial charge is 0.410 e. The van der Waals surface area contributed by atoms with Crippen LogP contribution in [0.4, 0.5) is 4.79 Å². The molecule has 1 amide bonds. The van der Waals surface area contributed by atoms with Crippen LogP contribution in [0.3, 0.4) is 0 Å². The van der Waals surface area contributed by atoms with E-state index in [4.69, 9.17) is 22.1 Å². The van der Waals surface area contributed by atoms with Gasteiger partial charge >= 0.3 is 6.09 Å². The molecule has 1 aliphatic heterocycles. The predicted molar refractivity (Wildman–Crippen MR) is 95.1 cm³/mol. The zero-order chi connectivity index (χ0) is 17.0. The summed E-state index contributed by atoms with van der Waals surface area (Å²) in [5.41, 5.74) is 5.53. The first-order chi connectivity index (χ1) is 10.8. The molecule has 1 aromatic heterocycles. The Labute approximate surface area is 147 Å². The van der Waals surface area contributed by atoms with E-state index in [1.807, 2.05) is 32.9 Å². The van der Waals surface area contributed by atoms with E-state index in [0.29, 0.717) is 19.6 Å². The van der Waals surface area contributed by atoms with Crippen LogP contribution in [0.5, 0.6) is 0 Å². The molecule has 23 heavy (non-hydrogen) atoms. The van der Waals surface area contributed by atoms with Crippen LogP contribution in [0, 0.1) is 0 Å². The zero-order valence-corrected chi connectivity index (χ0v) is 15.6. The van der Waals surface area contributed by atoms with Gasteiger partial charge in [-0.15, -0.1) is 11.3 Å². The molecule has 1 aromatic rings. The Morgan fingerprint density at radius 1 is 1.35 bits per heavy atom. The molecule has 5 nitrogen and oxygen atoms in total. The number of amides is 1. The molecule has 2 heterocycles. The zero-order valence-electron chi connectivity index (χ0n) is 14.0. The largest absolute Gasteiger partial charge is 0.444 e. The number of rotatable bonds is 3. The van der Waals surface area contributed by atoms with E-state index in [9.17, 15) is 4.79 Å². The first-order valence-electron chi connectivity index (χ1n) is 7.97. The fourth-order valence-corrected chi connectivity index (χ4v) is 3.92. The summed E-state index contributed by atoms with van der Waals surface area (Å²) in [4.78, 5) is 17.5. The van der Waals surface area contributed by atoms with Gasteiger partial charge in [0.25, 0.3) is 0 Å². The molecule has 2 rings (SSSR count). The van der Waals surface area contributed by atoms with Gasteiger partial charge in [-0.2, -0.15) is 0 Å². The molecular formula is C16H26ClN3O2S. The van der Waals surface area contributed by atoms with Crippen LogP contribution in [0.25, 0.3) is 0 Å². The Balaban J connectivity index is 1.98. The van der Waals surface area contributed by atoms with Gasteiger partial charge in [0.05, 0.1) is 10.4 Å². The van der Waals surface area contributed by atoms with Crippen LogP contribution in [0.15, 0.2) is 12.1 Å². The molecular weight excluding hydrogens is 334 g/mol. The Bertz CT molecular complexity index is 530. The summed E-state index contributed by atoms with van der Waals surface area (Å²) in [5.74, 6) is 0. The van der Waals surface area contributed by atoms with E-state index >= 15 is 0 Å². The van der Waals surface area contributed by atoms with Crippen LogP contribution < -0.4 is 5.73 Å². The Morgan fingerprint density at radius 3 is 2.65 bits per heavy atom. The maximum absolute atomic E-state index is 12.2. The van der Waals surface area contributed by atoms with Crippen molar-refractivity contribution in [3.8, 4) is 0 Å². The standard InChI is InChI=1S/C16H26ClN3O2S/c1-16(2,3)22-15(21)20-8-4-7-19(9-10-20)12(11-18)13-5-6-14(17)23-13/h5-6,12H,4,7-11,18H2,1-3H3. The van der Waals surface area contributed by atoms with Crippen LogP contribution in [0.1, 0.15) is 38.1 Å². The first kappa shape index (κ1) is 18.5. The second-order valence-corrected chi connectivity index (χ2v) is 8.50. The topological polar surface area (TPSA) is 58.8 Å². The van der Waals surface area contributed by atoms with Crippen molar-refractivity contribution in [2.45, 2.75) is 38.8 Å². The molecule has 1 atom stereocenters. The Kier molecular flexibility index (Phi) is 6.31.